The molecule has 1 atom stereocenters. The summed E-state index contributed by atoms with van der Waals surface area (Å²) in [5.74, 6) is 0. The maximum atomic E-state index is 8.86. The van der Waals surface area contributed by atoms with E-state index in [-0.39, 0.29) is 12.6 Å². The SMILES string of the molecule is CNC(C)c1ccc(N(C)CCO)cc1Cl. The number of aliphatic hydroxyl groups is 1. The quantitative estimate of drug-likeness (QED) is 0.830. The Morgan fingerprint density at radius 1 is 1.50 bits per heavy atom. The highest BCUT2D eigenvalue weighted by Gasteiger charge is 2.09. The number of benzene rings is 1. The predicted octanol–water partition coefficient (Wildman–Crippen LogP) is 2.05. The number of halogens is 1. The minimum absolute atomic E-state index is 0.142. The first-order chi connectivity index (χ1) is 7.60. The number of anilines is 1. The normalized spacial score (nSPS) is 12.6. The van der Waals surface area contributed by atoms with Gasteiger partial charge in [0.1, 0.15) is 0 Å². The molecule has 2 N–H and O–H groups in total. The van der Waals surface area contributed by atoms with Gasteiger partial charge in [-0.3, -0.25) is 0 Å². The fraction of sp³-hybridized carbons (Fsp3) is 0.500. The van der Waals surface area contributed by atoms with Crippen LogP contribution >= 0.6 is 11.6 Å². The molecular formula is C12H19ClN2O. The predicted molar refractivity (Wildman–Crippen MR) is 69.3 cm³/mol. The summed E-state index contributed by atoms with van der Waals surface area (Å²) >= 11 is 6.22. The summed E-state index contributed by atoms with van der Waals surface area (Å²) in [6.07, 6.45) is 0. The first kappa shape index (κ1) is 13.3. The van der Waals surface area contributed by atoms with Gasteiger partial charge >= 0.3 is 0 Å². The van der Waals surface area contributed by atoms with Crippen molar-refractivity contribution in [1.29, 1.82) is 0 Å². The van der Waals surface area contributed by atoms with Crippen LogP contribution in [0.15, 0.2) is 18.2 Å². The van der Waals surface area contributed by atoms with E-state index in [4.69, 9.17) is 16.7 Å². The van der Waals surface area contributed by atoms with Crippen LogP contribution in [0.25, 0.3) is 0 Å². The van der Waals surface area contributed by atoms with E-state index in [0.717, 1.165) is 16.3 Å². The third kappa shape index (κ3) is 3.11. The first-order valence-electron chi connectivity index (χ1n) is 5.38. The van der Waals surface area contributed by atoms with Crippen LogP contribution in [0.1, 0.15) is 18.5 Å². The molecule has 0 aliphatic heterocycles. The van der Waals surface area contributed by atoms with Gasteiger partial charge in [0.2, 0.25) is 0 Å². The van der Waals surface area contributed by atoms with Gasteiger partial charge in [-0.15, -0.1) is 0 Å². The van der Waals surface area contributed by atoms with E-state index in [1.165, 1.54) is 0 Å². The molecule has 16 heavy (non-hydrogen) atoms. The van der Waals surface area contributed by atoms with Crippen LogP contribution < -0.4 is 10.2 Å². The zero-order valence-electron chi connectivity index (χ0n) is 10.00. The standard InChI is InChI=1S/C12H19ClN2O/c1-9(14-2)11-5-4-10(8-12(11)13)15(3)6-7-16/h4-5,8-9,14,16H,6-7H2,1-3H3. The van der Waals surface area contributed by atoms with E-state index >= 15 is 0 Å². The summed E-state index contributed by atoms with van der Waals surface area (Å²) in [5, 5.41) is 12.8. The molecule has 4 heteroatoms. The molecule has 0 amide bonds. The summed E-state index contributed by atoms with van der Waals surface area (Å²) in [6, 6.07) is 6.21. The second-order valence-electron chi connectivity index (χ2n) is 3.86. The van der Waals surface area contributed by atoms with Gasteiger partial charge in [0.25, 0.3) is 0 Å². The molecule has 0 aliphatic carbocycles. The van der Waals surface area contributed by atoms with Crippen molar-refractivity contribution in [3.63, 3.8) is 0 Å². The number of rotatable bonds is 5. The zero-order valence-corrected chi connectivity index (χ0v) is 10.8. The molecule has 1 rings (SSSR count). The van der Waals surface area contributed by atoms with Crippen molar-refractivity contribution in [3.05, 3.63) is 28.8 Å². The van der Waals surface area contributed by atoms with Crippen LogP contribution in [0.2, 0.25) is 5.02 Å². The van der Waals surface area contributed by atoms with Gasteiger partial charge in [-0.25, -0.2) is 0 Å². The summed E-state index contributed by atoms with van der Waals surface area (Å²) in [4.78, 5) is 1.97. The van der Waals surface area contributed by atoms with Crippen LogP contribution in [0, 0.1) is 0 Å². The van der Waals surface area contributed by atoms with Gasteiger partial charge in [-0.2, -0.15) is 0 Å². The number of likely N-dealkylation sites (N-methyl/N-ethyl adjacent to an activating group) is 1. The lowest BCUT2D eigenvalue weighted by atomic mass is 10.1. The Bertz CT molecular complexity index is 344. The minimum atomic E-state index is 0.142. The van der Waals surface area contributed by atoms with Gasteiger partial charge in [0, 0.05) is 30.3 Å². The van der Waals surface area contributed by atoms with E-state index in [1.54, 1.807) is 0 Å². The third-order valence-corrected chi connectivity index (χ3v) is 3.09. The monoisotopic (exact) mass is 242 g/mol. The van der Waals surface area contributed by atoms with Crippen LogP contribution in [-0.2, 0) is 0 Å². The molecule has 0 spiro atoms. The van der Waals surface area contributed by atoms with E-state index in [0.29, 0.717) is 6.54 Å². The van der Waals surface area contributed by atoms with Crippen molar-refractivity contribution < 1.29 is 5.11 Å². The molecule has 0 bridgehead atoms. The van der Waals surface area contributed by atoms with E-state index in [2.05, 4.69) is 12.2 Å². The minimum Gasteiger partial charge on any atom is -0.395 e. The third-order valence-electron chi connectivity index (χ3n) is 2.76. The van der Waals surface area contributed by atoms with E-state index in [1.807, 2.05) is 37.2 Å². The maximum Gasteiger partial charge on any atom is 0.0606 e. The van der Waals surface area contributed by atoms with Gasteiger partial charge in [-0.05, 0) is 31.7 Å². The largest absolute Gasteiger partial charge is 0.395 e. The van der Waals surface area contributed by atoms with Gasteiger partial charge in [0.05, 0.1) is 6.61 Å². The molecule has 0 radical (unpaired) electrons. The lowest BCUT2D eigenvalue weighted by Gasteiger charge is -2.20. The highest BCUT2D eigenvalue weighted by molar-refractivity contribution is 6.31. The summed E-state index contributed by atoms with van der Waals surface area (Å²) in [5.41, 5.74) is 2.11. The molecule has 1 aromatic carbocycles. The molecule has 0 aliphatic rings. The molecule has 90 valence electrons. The lowest BCUT2D eigenvalue weighted by molar-refractivity contribution is 0.304. The molecule has 0 fully saturated rings. The van der Waals surface area contributed by atoms with E-state index in [9.17, 15) is 0 Å². The first-order valence-corrected chi connectivity index (χ1v) is 5.76. The molecule has 0 saturated heterocycles. The average Bonchev–Trinajstić information content (AvgIpc) is 2.28. The van der Waals surface area contributed by atoms with Crippen molar-refractivity contribution >= 4 is 17.3 Å². The number of hydrogen-bond donors (Lipinski definition) is 2. The fourth-order valence-electron chi connectivity index (χ4n) is 1.54. The van der Waals surface area contributed by atoms with Crippen LogP contribution in [0.5, 0.6) is 0 Å². The molecule has 0 aromatic heterocycles. The summed E-state index contributed by atoms with van der Waals surface area (Å²) in [6.45, 7) is 2.82. The summed E-state index contributed by atoms with van der Waals surface area (Å²) in [7, 11) is 3.84. The molecule has 1 aromatic rings. The van der Waals surface area contributed by atoms with Gasteiger partial charge in [-0.1, -0.05) is 17.7 Å². The number of nitrogens with one attached hydrogen (secondary N) is 1. The second kappa shape index (κ2) is 6.09. The number of aliphatic hydroxyl groups excluding tert-OH is 1. The molecular weight excluding hydrogens is 224 g/mol. The zero-order chi connectivity index (χ0) is 12.1. The number of hydrogen-bond acceptors (Lipinski definition) is 3. The fourth-order valence-corrected chi connectivity index (χ4v) is 1.88. The average molecular weight is 243 g/mol. The molecule has 1 unspecified atom stereocenters. The molecule has 3 nitrogen and oxygen atoms in total. The van der Waals surface area contributed by atoms with Crippen molar-refractivity contribution in [2.45, 2.75) is 13.0 Å². The Balaban J connectivity index is 2.90. The Labute approximate surface area is 102 Å². The summed E-state index contributed by atoms with van der Waals surface area (Å²) < 4.78 is 0. The van der Waals surface area contributed by atoms with Crippen molar-refractivity contribution in [2.24, 2.45) is 0 Å². The van der Waals surface area contributed by atoms with Crippen LogP contribution in [0.3, 0.4) is 0 Å². The van der Waals surface area contributed by atoms with Crippen molar-refractivity contribution in [1.82, 2.24) is 5.32 Å². The second-order valence-corrected chi connectivity index (χ2v) is 4.27. The van der Waals surface area contributed by atoms with Gasteiger partial charge in [0.15, 0.2) is 0 Å². The van der Waals surface area contributed by atoms with Crippen LogP contribution in [-0.4, -0.2) is 32.4 Å². The van der Waals surface area contributed by atoms with Crippen molar-refractivity contribution in [2.75, 3.05) is 32.1 Å². The highest BCUT2D eigenvalue weighted by atomic mass is 35.5. The van der Waals surface area contributed by atoms with Crippen molar-refractivity contribution in [3.8, 4) is 0 Å². The maximum absolute atomic E-state index is 8.86. The van der Waals surface area contributed by atoms with Crippen LogP contribution in [0.4, 0.5) is 5.69 Å². The Kier molecular flexibility index (Phi) is 5.06. The smallest absolute Gasteiger partial charge is 0.0606 e. The molecule has 0 saturated carbocycles. The topological polar surface area (TPSA) is 35.5 Å². The van der Waals surface area contributed by atoms with Gasteiger partial charge < -0.3 is 15.3 Å². The Hall–Kier alpha value is -0.770. The van der Waals surface area contributed by atoms with E-state index < -0.39 is 0 Å². The highest BCUT2D eigenvalue weighted by Crippen LogP contribution is 2.27. The Morgan fingerprint density at radius 3 is 2.69 bits per heavy atom. The lowest BCUT2D eigenvalue weighted by Crippen LogP contribution is -2.21. The number of nitrogens with zero attached hydrogens (tertiary/aromatic N) is 1. The molecule has 0 heterocycles. The Morgan fingerprint density at radius 2 is 2.19 bits per heavy atom.